The average Bonchev–Trinajstić information content (AvgIpc) is 2.23. The van der Waals surface area contributed by atoms with Gasteiger partial charge in [0.25, 0.3) is 0 Å². The Morgan fingerprint density at radius 1 is 0.700 bits per heavy atom. The van der Waals surface area contributed by atoms with Crippen LogP contribution in [0.2, 0.25) is 0 Å². The molecule has 10 nitrogen and oxygen atoms in total. The molecule has 0 aromatic carbocycles. The minimum atomic E-state index is -1.78. The molecule has 0 unspecified atom stereocenters. The summed E-state index contributed by atoms with van der Waals surface area (Å²) in [6.07, 6.45) is 0. The minimum absolute atomic E-state index is 0.128. The van der Waals surface area contributed by atoms with Crippen LogP contribution in [0, 0.1) is 0 Å². The first kappa shape index (κ1) is 17.8. The first-order valence-corrected chi connectivity index (χ1v) is 5.41. The molecule has 0 rings (SSSR count). The van der Waals surface area contributed by atoms with Crippen LogP contribution in [-0.4, -0.2) is 93.4 Å². The van der Waals surface area contributed by atoms with Crippen LogP contribution >= 0.6 is 0 Å². The van der Waals surface area contributed by atoms with E-state index in [4.69, 9.17) is 20.4 Å². The summed E-state index contributed by atoms with van der Waals surface area (Å²) in [7, 11) is 2.47. The third-order valence-corrected chi connectivity index (χ3v) is 2.62. The van der Waals surface area contributed by atoms with Gasteiger partial charge in [-0.2, -0.15) is 0 Å². The van der Waals surface area contributed by atoms with Crippen molar-refractivity contribution in [3.05, 3.63) is 0 Å². The molecule has 0 aromatic heterocycles. The largest absolute Gasteiger partial charge is 0.480 e. The zero-order valence-corrected chi connectivity index (χ0v) is 10.9. The quantitative estimate of drug-likeness (QED) is 0.348. The molecule has 0 amide bonds. The number of carboxylic acid groups (broad SMARTS) is 4. The highest BCUT2D eigenvalue weighted by Gasteiger charge is 2.33. The fourth-order valence-electron chi connectivity index (χ4n) is 1.54. The van der Waals surface area contributed by atoms with Crippen molar-refractivity contribution in [1.29, 1.82) is 0 Å². The van der Waals surface area contributed by atoms with E-state index in [2.05, 4.69) is 0 Å². The molecule has 114 valence electrons. The fourth-order valence-corrected chi connectivity index (χ4v) is 1.54. The molecule has 0 heterocycles. The Labute approximate surface area is 113 Å². The number of carbonyl (C=O) groups is 4. The van der Waals surface area contributed by atoms with Crippen LogP contribution in [0.4, 0.5) is 0 Å². The molecule has 0 spiro atoms. The summed E-state index contributed by atoms with van der Waals surface area (Å²) < 4.78 is 0. The van der Waals surface area contributed by atoms with Crippen molar-refractivity contribution in [2.24, 2.45) is 0 Å². The summed E-state index contributed by atoms with van der Waals surface area (Å²) in [5, 5.41) is 35.0. The first-order valence-electron chi connectivity index (χ1n) is 5.41. The first-order chi connectivity index (χ1) is 9.09. The lowest BCUT2D eigenvalue weighted by Gasteiger charge is -2.26. The van der Waals surface area contributed by atoms with Crippen molar-refractivity contribution in [2.45, 2.75) is 12.1 Å². The number of aliphatic carboxylic acids is 4. The van der Waals surface area contributed by atoms with Gasteiger partial charge in [0.15, 0.2) is 0 Å². The third kappa shape index (κ3) is 4.82. The van der Waals surface area contributed by atoms with E-state index in [0.29, 0.717) is 0 Å². The summed E-state index contributed by atoms with van der Waals surface area (Å²) >= 11 is 0. The molecule has 0 atom stereocenters. The maximum absolute atomic E-state index is 10.8. The zero-order chi connectivity index (χ0) is 16.0. The fraction of sp³-hybridized carbons (Fsp3) is 0.600. The standard InChI is InChI=1S/C10H16N2O8/c1-11(5(7(13)14)8(15)16)3-4-12(2)6(9(17)18)10(19)20/h5-6H,3-4H2,1-2H3,(H,13,14)(H,15,16)(H,17,18)(H,19,20). The van der Waals surface area contributed by atoms with E-state index in [-0.39, 0.29) is 13.1 Å². The third-order valence-electron chi connectivity index (χ3n) is 2.62. The van der Waals surface area contributed by atoms with Crippen LogP contribution in [0.15, 0.2) is 0 Å². The van der Waals surface area contributed by atoms with E-state index in [9.17, 15) is 19.2 Å². The molecule has 0 aliphatic carbocycles. The number of hydrogen-bond donors (Lipinski definition) is 4. The second-order valence-electron chi connectivity index (χ2n) is 4.12. The van der Waals surface area contributed by atoms with Gasteiger partial charge in [0.05, 0.1) is 0 Å². The van der Waals surface area contributed by atoms with E-state index in [1.165, 1.54) is 14.1 Å². The normalized spacial score (nSPS) is 11.3. The maximum Gasteiger partial charge on any atom is 0.332 e. The molecule has 0 aliphatic rings. The molecule has 0 saturated carbocycles. The average molecular weight is 292 g/mol. The lowest BCUT2D eigenvalue weighted by Crippen LogP contribution is -2.50. The summed E-state index contributed by atoms with van der Waals surface area (Å²) in [5.41, 5.74) is 0. The second kappa shape index (κ2) is 7.40. The Morgan fingerprint density at radius 3 is 1.05 bits per heavy atom. The van der Waals surface area contributed by atoms with Gasteiger partial charge in [-0.3, -0.25) is 9.80 Å². The molecule has 0 bridgehead atoms. The van der Waals surface area contributed by atoms with Crippen molar-refractivity contribution >= 4 is 23.9 Å². The van der Waals surface area contributed by atoms with Crippen molar-refractivity contribution < 1.29 is 39.6 Å². The summed E-state index contributed by atoms with van der Waals surface area (Å²) in [6, 6.07) is -3.56. The Balaban J connectivity index is 4.67. The van der Waals surface area contributed by atoms with Crippen LogP contribution in [0.3, 0.4) is 0 Å². The number of hydrogen-bond acceptors (Lipinski definition) is 6. The van der Waals surface area contributed by atoms with Gasteiger partial charge < -0.3 is 20.4 Å². The van der Waals surface area contributed by atoms with Crippen molar-refractivity contribution in [2.75, 3.05) is 27.2 Å². The van der Waals surface area contributed by atoms with Gasteiger partial charge >= 0.3 is 23.9 Å². The molecule has 0 aromatic rings. The molecule has 0 saturated heterocycles. The predicted octanol–water partition coefficient (Wildman–Crippen LogP) is -2.07. The van der Waals surface area contributed by atoms with Gasteiger partial charge in [0.1, 0.15) is 0 Å². The van der Waals surface area contributed by atoms with Gasteiger partial charge in [-0.1, -0.05) is 0 Å². The topological polar surface area (TPSA) is 156 Å². The molecule has 10 heteroatoms. The van der Waals surface area contributed by atoms with Crippen molar-refractivity contribution in [3.8, 4) is 0 Å². The Kier molecular flexibility index (Phi) is 6.59. The summed E-state index contributed by atoms with van der Waals surface area (Å²) in [4.78, 5) is 45.0. The van der Waals surface area contributed by atoms with Crippen LogP contribution in [0.1, 0.15) is 0 Å². The van der Waals surface area contributed by atoms with E-state index < -0.39 is 36.0 Å². The Morgan fingerprint density at radius 2 is 0.900 bits per heavy atom. The van der Waals surface area contributed by atoms with Gasteiger partial charge in [-0.25, -0.2) is 19.2 Å². The van der Waals surface area contributed by atoms with Crippen molar-refractivity contribution in [1.82, 2.24) is 9.80 Å². The van der Waals surface area contributed by atoms with E-state index >= 15 is 0 Å². The molecule has 20 heavy (non-hydrogen) atoms. The second-order valence-corrected chi connectivity index (χ2v) is 4.12. The molecule has 0 radical (unpaired) electrons. The molecular formula is C10H16N2O8. The van der Waals surface area contributed by atoms with Gasteiger partial charge in [-0.05, 0) is 14.1 Å². The van der Waals surface area contributed by atoms with Crippen molar-refractivity contribution in [3.63, 3.8) is 0 Å². The lowest BCUT2D eigenvalue weighted by atomic mass is 10.2. The number of nitrogens with zero attached hydrogens (tertiary/aromatic N) is 2. The van der Waals surface area contributed by atoms with E-state index in [1.54, 1.807) is 0 Å². The highest BCUT2D eigenvalue weighted by molar-refractivity contribution is 5.97. The van der Waals surface area contributed by atoms with Crippen LogP contribution in [0.5, 0.6) is 0 Å². The number of rotatable bonds is 9. The van der Waals surface area contributed by atoms with Gasteiger partial charge in [-0.15, -0.1) is 0 Å². The van der Waals surface area contributed by atoms with Gasteiger partial charge in [0, 0.05) is 13.1 Å². The molecule has 0 aliphatic heterocycles. The van der Waals surface area contributed by atoms with Crippen LogP contribution in [0.25, 0.3) is 0 Å². The lowest BCUT2D eigenvalue weighted by molar-refractivity contribution is -0.159. The van der Waals surface area contributed by atoms with Crippen LogP contribution < -0.4 is 0 Å². The summed E-state index contributed by atoms with van der Waals surface area (Å²) in [5.74, 6) is -6.24. The van der Waals surface area contributed by atoms with Gasteiger partial charge in [0.2, 0.25) is 12.1 Å². The number of likely N-dealkylation sites (N-methyl/N-ethyl adjacent to an activating group) is 2. The van der Waals surface area contributed by atoms with Crippen LogP contribution in [-0.2, 0) is 19.2 Å². The molecular weight excluding hydrogens is 276 g/mol. The minimum Gasteiger partial charge on any atom is -0.480 e. The predicted molar refractivity (Wildman–Crippen MR) is 63.4 cm³/mol. The highest BCUT2D eigenvalue weighted by atomic mass is 16.4. The molecule has 4 N–H and O–H groups in total. The number of carboxylic acids is 4. The highest BCUT2D eigenvalue weighted by Crippen LogP contribution is 2.01. The SMILES string of the molecule is CN(CCN(C)C(C(=O)O)C(=O)O)C(C(=O)O)C(=O)O. The zero-order valence-electron chi connectivity index (χ0n) is 10.9. The Hall–Kier alpha value is -2.20. The molecule has 0 fully saturated rings. The maximum atomic E-state index is 10.8. The summed E-state index contributed by atoms with van der Waals surface area (Å²) in [6.45, 7) is -0.256. The van der Waals surface area contributed by atoms with E-state index in [1.807, 2.05) is 0 Å². The van der Waals surface area contributed by atoms with E-state index in [0.717, 1.165) is 9.80 Å². The smallest absolute Gasteiger partial charge is 0.332 e. The monoisotopic (exact) mass is 292 g/mol. The Bertz CT molecular complexity index is 344.